The highest BCUT2D eigenvalue weighted by Crippen LogP contribution is 2.32. The predicted octanol–water partition coefficient (Wildman–Crippen LogP) is 4.48. The van der Waals surface area contributed by atoms with Gasteiger partial charge in [-0.05, 0) is 48.7 Å². The monoisotopic (exact) mass is 436 g/mol. The molecule has 0 spiro atoms. The topological polar surface area (TPSA) is 42.0 Å². The number of ether oxygens (including phenoxy) is 1. The number of morpholine rings is 1. The van der Waals surface area contributed by atoms with E-state index in [4.69, 9.17) is 9.57 Å². The molecule has 2 unspecified atom stereocenters. The Bertz CT molecular complexity index is 886. The van der Waals surface area contributed by atoms with E-state index >= 15 is 0 Å². The van der Waals surface area contributed by atoms with Crippen LogP contribution in [0.25, 0.3) is 0 Å². The van der Waals surface area contributed by atoms with Crippen molar-refractivity contribution in [2.24, 2.45) is 0 Å². The van der Waals surface area contributed by atoms with Crippen molar-refractivity contribution >= 4 is 5.91 Å². The Morgan fingerprint density at radius 3 is 2.61 bits per heavy atom. The molecule has 2 aromatic rings. The van der Waals surface area contributed by atoms with Gasteiger partial charge in [-0.2, -0.15) is 18.2 Å². The summed E-state index contributed by atoms with van der Waals surface area (Å²) < 4.78 is 44.9. The van der Waals surface area contributed by atoms with Crippen LogP contribution in [0.4, 0.5) is 13.2 Å². The van der Waals surface area contributed by atoms with Crippen LogP contribution in [0.3, 0.4) is 0 Å². The number of nitrogens with zero attached hydrogens (tertiary/aromatic N) is 2. The van der Waals surface area contributed by atoms with E-state index in [1.165, 1.54) is 24.1 Å². The maximum absolute atomic E-state index is 13.0. The molecule has 0 N–H and O–H groups in total. The molecule has 0 aromatic heterocycles. The van der Waals surface area contributed by atoms with Gasteiger partial charge in [0.25, 0.3) is 5.91 Å². The van der Waals surface area contributed by atoms with Gasteiger partial charge in [-0.25, -0.2) is 0 Å². The van der Waals surface area contributed by atoms with E-state index in [2.05, 4.69) is 11.8 Å². The lowest BCUT2D eigenvalue weighted by atomic mass is 10.0. The zero-order valence-corrected chi connectivity index (χ0v) is 17.9. The molecule has 1 aliphatic rings. The van der Waals surface area contributed by atoms with Gasteiger partial charge in [-0.1, -0.05) is 24.3 Å². The third-order valence-electron chi connectivity index (χ3n) is 5.45. The van der Waals surface area contributed by atoms with E-state index in [0.29, 0.717) is 24.5 Å². The maximum atomic E-state index is 13.0. The fraction of sp³-hybridized carbons (Fsp3) is 0.435. The van der Waals surface area contributed by atoms with Gasteiger partial charge in [0.05, 0.1) is 18.3 Å². The van der Waals surface area contributed by atoms with Gasteiger partial charge < -0.3 is 9.57 Å². The van der Waals surface area contributed by atoms with Crippen LogP contribution in [0, 0.1) is 0 Å². The molecule has 31 heavy (non-hydrogen) atoms. The average Bonchev–Trinajstić information content (AvgIpc) is 2.74. The lowest BCUT2D eigenvalue weighted by molar-refractivity contribution is -0.149. The minimum Gasteiger partial charge on any atom is -0.377 e. The third-order valence-corrected chi connectivity index (χ3v) is 5.45. The van der Waals surface area contributed by atoms with E-state index in [-0.39, 0.29) is 11.9 Å². The zero-order chi connectivity index (χ0) is 22.6. The number of hydrogen-bond acceptors (Lipinski definition) is 4. The molecule has 3 rings (SSSR count). The van der Waals surface area contributed by atoms with Crippen molar-refractivity contribution in [1.29, 1.82) is 0 Å². The molecule has 1 aliphatic heterocycles. The Hall–Kier alpha value is -2.58. The van der Waals surface area contributed by atoms with Crippen molar-refractivity contribution in [2.45, 2.75) is 38.6 Å². The number of hydrogen-bond donors (Lipinski definition) is 0. The van der Waals surface area contributed by atoms with Gasteiger partial charge in [-0.3, -0.25) is 9.69 Å². The first-order chi connectivity index (χ1) is 14.6. The second kappa shape index (κ2) is 9.70. The SMILES string of the molecule is CC(=O)N(C)Oc1ccc(CC(C)N2CCOC(c3cccc(C(F)(F)F)c3)C2)cc1. The smallest absolute Gasteiger partial charge is 0.377 e. The lowest BCUT2D eigenvalue weighted by Crippen LogP contribution is -2.44. The molecule has 2 aromatic carbocycles. The molecule has 5 nitrogen and oxygen atoms in total. The van der Waals surface area contributed by atoms with Crippen LogP contribution in [-0.2, 0) is 22.1 Å². The standard InChI is InChI=1S/C23H27F3N2O3/c1-16(13-18-7-9-21(10-8-18)31-27(3)17(2)29)28-11-12-30-22(15-28)19-5-4-6-20(14-19)23(24,25)26/h4-10,14,16,22H,11-13,15H2,1-3H3. The van der Waals surface area contributed by atoms with Crippen LogP contribution in [0.15, 0.2) is 48.5 Å². The molecule has 0 radical (unpaired) electrons. The van der Waals surface area contributed by atoms with E-state index in [9.17, 15) is 18.0 Å². The van der Waals surface area contributed by atoms with Gasteiger partial charge >= 0.3 is 6.18 Å². The van der Waals surface area contributed by atoms with Crippen LogP contribution in [0.2, 0.25) is 0 Å². The number of carbonyl (C=O) groups excluding carboxylic acids is 1. The molecule has 0 saturated carbocycles. The average molecular weight is 436 g/mol. The Labute approximate surface area is 180 Å². The van der Waals surface area contributed by atoms with Crippen molar-refractivity contribution in [2.75, 3.05) is 26.7 Å². The summed E-state index contributed by atoms with van der Waals surface area (Å²) in [5, 5.41) is 1.17. The highest BCUT2D eigenvalue weighted by atomic mass is 19.4. The first-order valence-corrected chi connectivity index (χ1v) is 10.2. The van der Waals surface area contributed by atoms with Crippen molar-refractivity contribution in [3.05, 3.63) is 65.2 Å². The highest BCUT2D eigenvalue weighted by Gasteiger charge is 2.32. The Morgan fingerprint density at radius 2 is 1.97 bits per heavy atom. The number of hydroxylamine groups is 2. The van der Waals surface area contributed by atoms with Gasteiger partial charge in [0.2, 0.25) is 0 Å². The number of rotatable bonds is 6. The fourth-order valence-electron chi connectivity index (χ4n) is 3.57. The quantitative estimate of drug-likeness (QED) is 0.626. The summed E-state index contributed by atoms with van der Waals surface area (Å²) in [7, 11) is 1.55. The summed E-state index contributed by atoms with van der Waals surface area (Å²) in [5.41, 5.74) is 0.992. The molecule has 1 fully saturated rings. The molecule has 0 aliphatic carbocycles. The van der Waals surface area contributed by atoms with Crippen molar-refractivity contribution in [3.63, 3.8) is 0 Å². The zero-order valence-electron chi connectivity index (χ0n) is 17.9. The van der Waals surface area contributed by atoms with Crippen LogP contribution in [0.1, 0.15) is 36.6 Å². The summed E-state index contributed by atoms with van der Waals surface area (Å²) in [5.74, 6) is 0.380. The predicted molar refractivity (Wildman–Crippen MR) is 110 cm³/mol. The van der Waals surface area contributed by atoms with Crippen molar-refractivity contribution < 1.29 is 27.5 Å². The molecule has 2 atom stereocenters. The van der Waals surface area contributed by atoms with Crippen LogP contribution < -0.4 is 4.84 Å². The second-order valence-electron chi connectivity index (χ2n) is 7.78. The normalized spacial score (nSPS) is 18.5. The largest absolute Gasteiger partial charge is 0.416 e. The summed E-state index contributed by atoms with van der Waals surface area (Å²) >= 11 is 0. The summed E-state index contributed by atoms with van der Waals surface area (Å²) in [6, 6.07) is 13.1. The second-order valence-corrected chi connectivity index (χ2v) is 7.78. The summed E-state index contributed by atoms with van der Waals surface area (Å²) in [6.07, 6.45) is -3.98. The van der Waals surface area contributed by atoms with Crippen molar-refractivity contribution in [1.82, 2.24) is 9.96 Å². The van der Waals surface area contributed by atoms with E-state index in [0.717, 1.165) is 24.6 Å². The van der Waals surface area contributed by atoms with Crippen LogP contribution >= 0.6 is 0 Å². The summed E-state index contributed by atoms with van der Waals surface area (Å²) in [4.78, 5) is 18.9. The van der Waals surface area contributed by atoms with Gasteiger partial charge in [0.1, 0.15) is 0 Å². The number of benzene rings is 2. The Kier molecular flexibility index (Phi) is 7.23. The first-order valence-electron chi connectivity index (χ1n) is 10.2. The number of alkyl halides is 3. The minimum atomic E-state index is -4.37. The molecule has 8 heteroatoms. The molecule has 1 amide bonds. The van der Waals surface area contributed by atoms with Crippen LogP contribution in [-0.4, -0.2) is 48.7 Å². The highest BCUT2D eigenvalue weighted by molar-refractivity contribution is 5.71. The van der Waals surface area contributed by atoms with Gasteiger partial charge in [-0.15, -0.1) is 0 Å². The van der Waals surface area contributed by atoms with E-state index < -0.39 is 17.8 Å². The Balaban J connectivity index is 1.61. The molecule has 1 saturated heterocycles. The maximum Gasteiger partial charge on any atom is 0.416 e. The van der Waals surface area contributed by atoms with E-state index in [1.54, 1.807) is 13.1 Å². The Morgan fingerprint density at radius 1 is 1.26 bits per heavy atom. The fourth-order valence-corrected chi connectivity index (χ4v) is 3.57. The van der Waals surface area contributed by atoms with E-state index in [1.807, 2.05) is 24.3 Å². The molecule has 0 bridgehead atoms. The third kappa shape index (κ3) is 6.21. The molecule has 168 valence electrons. The molecule has 1 heterocycles. The number of carbonyl (C=O) groups is 1. The van der Waals surface area contributed by atoms with Gasteiger partial charge in [0, 0.05) is 33.1 Å². The molecular weight excluding hydrogens is 409 g/mol. The summed E-state index contributed by atoms with van der Waals surface area (Å²) in [6.45, 7) is 5.25. The number of amides is 1. The van der Waals surface area contributed by atoms with Crippen molar-refractivity contribution in [3.8, 4) is 5.75 Å². The van der Waals surface area contributed by atoms with Crippen LogP contribution in [0.5, 0.6) is 5.75 Å². The molecular formula is C23H27F3N2O3. The minimum absolute atomic E-state index is 0.184. The first kappa shape index (κ1) is 23.1. The number of halogens is 3. The lowest BCUT2D eigenvalue weighted by Gasteiger charge is -2.37. The van der Waals surface area contributed by atoms with Gasteiger partial charge in [0.15, 0.2) is 5.75 Å².